The second-order valence-corrected chi connectivity index (χ2v) is 2.56. The Hall–Kier alpha value is 0.142. The van der Waals surface area contributed by atoms with E-state index in [1.54, 1.807) is 18.2 Å². The Bertz CT molecular complexity index is 453. The van der Waals surface area contributed by atoms with E-state index in [0.29, 0.717) is 16.9 Å². The van der Waals surface area contributed by atoms with E-state index in [0.717, 1.165) is 0 Å². The molecular formula is C9H8CsFN2O2. The van der Waals surface area contributed by atoms with Crippen molar-refractivity contribution >= 4 is 11.0 Å². The molecule has 74 valence electrons. The van der Waals surface area contributed by atoms with Crippen molar-refractivity contribution in [2.75, 3.05) is 7.11 Å². The van der Waals surface area contributed by atoms with E-state index in [2.05, 4.69) is 9.97 Å². The van der Waals surface area contributed by atoms with Gasteiger partial charge >= 0.3 is 68.9 Å². The van der Waals surface area contributed by atoms with E-state index in [4.69, 9.17) is 4.74 Å². The van der Waals surface area contributed by atoms with Gasteiger partial charge in [-0.1, -0.05) is 6.07 Å². The van der Waals surface area contributed by atoms with Crippen LogP contribution in [-0.4, -0.2) is 22.2 Å². The van der Waals surface area contributed by atoms with E-state index in [1.807, 2.05) is 0 Å². The van der Waals surface area contributed by atoms with Crippen molar-refractivity contribution in [3.8, 4) is 11.6 Å². The molecule has 0 bridgehead atoms. The van der Waals surface area contributed by atoms with E-state index in [-0.39, 0.29) is 79.3 Å². The van der Waals surface area contributed by atoms with E-state index >= 15 is 0 Å². The van der Waals surface area contributed by atoms with Crippen molar-refractivity contribution in [3.05, 3.63) is 24.4 Å². The number of phenolic OH excluding ortho intramolecular Hbond substituents is 1. The number of ether oxygens (including phenoxy) is 1. The largest absolute Gasteiger partial charge is 1.00 e. The fourth-order valence-corrected chi connectivity index (χ4v) is 1.10. The number of phenols is 1. The molecule has 0 aliphatic rings. The number of rotatable bonds is 1. The van der Waals surface area contributed by atoms with Gasteiger partial charge in [0.05, 0.1) is 18.8 Å². The van der Waals surface area contributed by atoms with Gasteiger partial charge in [0, 0.05) is 0 Å². The van der Waals surface area contributed by atoms with Crippen LogP contribution in [-0.2, 0) is 0 Å². The van der Waals surface area contributed by atoms with Gasteiger partial charge in [0.15, 0.2) is 0 Å². The Kier molecular flexibility index (Phi) is 6.73. The molecule has 0 aliphatic heterocycles. The molecule has 1 aromatic carbocycles. The van der Waals surface area contributed by atoms with Gasteiger partial charge in [0.25, 0.3) is 0 Å². The van der Waals surface area contributed by atoms with Crippen molar-refractivity contribution in [2.45, 2.75) is 0 Å². The molecule has 6 heteroatoms. The van der Waals surface area contributed by atoms with E-state index < -0.39 is 0 Å². The average Bonchev–Trinajstić information content (AvgIpc) is 2.18. The predicted molar refractivity (Wildman–Crippen MR) is 47.8 cm³/mol. The number of halogens is 1. The molecule has 0 unspecified atom stereocenters. The third-order valence-electron chi connectivity index (χ3n) is 1.74. The number of aromatic nitrogens is 2. The molecule has 1 aromatic heterocycles. The number of para-hydroxylation sites is 1. The number of aromatic hydroxyl groups is 1. The van der Waals surface area contributed by atoms with E-state index in [9.17, 15) is 5.11 Å². The number of hydrogen-bond acceptors (Lipinski definition) is 4. The minimum Gasteiger partial charge on any atom is -1.00 e. The third kappa shape index (κ3) is 3.30. The van der Waals surface area contributed by atoms with Crippen LogP contribution >= 0.6 is 0 Å². The van der Waals surface area contributed by atoms with Gasteiger partial charge in [-0.15, -0.1) is 0 Å². The van der Waals surface area contributed by atoms with Crippen LogP contribution in [0.15, 0.2) is 24.4 Å². The molecule has 0 radical (unpaired) electrons. The van der Waals surface area contributed by atoms with Crippen LogP contribution in [0.3, 0.4) is 0 Å². The van der Waals surface area contributed by atoms with E-state index in [1.165, 1.54) is 13.3 Å². The number of hydrogen-bond donors (Lipinski definition) is 1. The molecule has 0 fully saturated rings. The molecule has 0 spiro atoms. The van der Waals surface area contributed by atoms with Crippen molar-refractivity contribution in [3.63, 3.8) is 0 Å². The van der Waals surface area contributed by atoms with Gasteiger partial charge in [0.2, 0.25) is 5.88 Å². The number of methoxy groups -OCH3 is 1. The molecule has 0 atom stereocenters. The van der Waals surface area contributed by atoms with Gasteiger partial charge in [-0.25, -0.2) is 9.97 Å². The fourth-order valence-electron chi connectivity index (χ4n) is 1.10. The van der Waals surface area contributed by atoms with Crippen molar-refractivity contribution in [1.82, 2.24) is 9.97 Å². The Morgan fingerprint density at radius 2 is 2.07 bits per heavy atom. The van der Waals surface area contributed by atoms with Gasteiger partial charge < -0.3 is 14.5 Å². The van der Waals surface area contributed by atoms with Crippen molar-refractivity contribution in [2.24, 2.45) is 0 Å². The third-order valence-corrected chi connectivity index (χ3v) is 1.74. The predicted octanol–water partition coefficient (Wildman–Crippen LogP) is -4.65. The molecule has 1 heterocycles. The van der Waals surface area contributed by atoms with Crippen LogP contribution in [0.25, 0.3) is 11.0 Å². The maximum Gasteiger partial charge on any atom is 1.00 e. The van der Waals surface area contributed by atoms with Crippen LogP contribution in [0.4, 0.5) is 0 Å². The molecule has 15 heavy (non-hydrogen) atoms. The monoisotopic (exact) mass is 328 g/mol. The van der Waals surface area contributed by atoms with Gasteiger partial charge in [-0.2, -0.15) is 0 Å². The summed E-state index contributed by atoms with van der Waals surface area (Å²) in [6, 6.07) is 5.07. The molecule has 2 rings (SSSR count). The first-order chi connectivity index (χ1) is 6.31. The van der Waals surface area contributed by atoms with Gasteiger partial charge in [-0.3, -0.25) is 0 Å². The second-order valence-electron chi connectivity index (χ2n) is 2.56. The molecular weight excluding hydrogens is 320 g/mol. The summed E-state index contributed by atoms with van der Waals surface area (Å²) in [6.45, 7) is 0. The molecule has 0 amide bonds. The van der Waals surface area contributed by atoms with Crippen LogP contribution in [0.5, 0.6) is 11.6 Å². The standard InChI is InChI=1S/C9H8N2O2.Cs.FH/c1-13-8-5-10-6-3-2-4-7(12)9(6)11-8;;/h2-5,12H,1H3;;1H/q;+1;/p-1. The smallest absolute Gasteiger partial charge is 1.00 e. The van der Waals surface area contributed by atoms with Gasteiger partial charge in [-0.05, 0) is 12.1 Å². The summed E-state index contributed by atoms with van der Waals surface area (Å²) in [7, 11) is 1.51. The minimum absolute atomic E-state index is 0. The zero-order valence-electron chi connectivity index (χ0n) is 8.44. The maximum atomic E-state index is 9.43. The average molecular weight is 328 g/mol. The molecule has 0 saturated carbocycles. The zero-order chi connectivity index (χ0) is 9.26. The topological polar surface area (TPSA) is 55.2 Å². The molecule has 1 N–H and O–H groups in total. The number of nitrogens with zero attached hydrogens (tertiary/aromatic N) is 2. The Labute approximate surface area is 145 Å². The Morgan fingerprint density at radius 3 is 2.73 bits per heavy atom. The first kappa shape index (κ1) is 15.1. The Balaban J connectivity index is 0.000000980. The zero-order valence-corrected chi connectivity index (χ0v) is 14.7. The second kappa shape index (κ2) is 6.67. The summed E-state index contributed by atoms with van der Waals surface area (Å²) >= 11 is 0. The van der Waals surface area contributed by atoms with Crippen molar-refractivity contribution in [1.29, 1.82) is 0 Å². The van der Waals surface area contributed by atoms with Gasteiger partial charge in [0.1, 0.15) is 11.3 Å². The Morgan fingerprint density at radius 1 is 1.33 bits per heavy atom. The first-order valence-electron chi connectivity index (χ1n) is 3.80. The minimum atomic E-state index is 0. The van der Waals surface area contributed by atoms with Crippen LogP contribution in [0.2, 0.25) is 0 Å². The molecule has 0 aliphatic carbocycles. The summed E-state index contributed by atoms with van der Waals surface area (Å²) in [6.07, 6.45) is 1.52. The fraction of sp³-hybridized carbons (Fsp3) is 0.111. The summed E-state index contributed by atoms with van der Waals surface area (Å²) < 4.78 is 4.89. The summed E-state index contributed by atoms with van der Waals surface area (Å²) in [5.74, 6) is 0.512. The summed E-state index contributed by atoms with van der Waals surface area (Å²) in [4.78, 5) is 8.12. The first-order valence-corrected chi connectivity index (χ1v) is 3.80. The molecule has 4 nitrogen and oxygen atoms in total. The van der Waals surface area contributed by atoms with Crippen LogP contribution in [0.1, 0.15) is 0 Å². The molecule has 2 aromatic rings. The van der Waals surface area contributed by atoms with Crippen LogP contribution < -0.4 is 78.3 Å². The normalized spacial score (nSPS) is 8.87. The number of fused-ring (bicyclic) bond motifs is 1. The quantitative estimate of drug-likeness (QED) is 0.572. The van der Waals surface area contributed by atoms with Crippen molar-refractivity contribution < 1.29 is 83.4 Å². The summed E-state index contributed by atoms with van der Waals surface area (Å²) in [5.41, 5.74) is 1.11. The number of benzene rings is 1. The summed E-state index contributed by atoms with van der Waals surface area (Å²) in [5, 5.41) is 9.43. The van der Waals surface area contributed by atoms with Crippen LogP contribution in [0, 0.1) is 0 Å². The SMILES string of the molecule is COc1cnc2cccc(O)c2n1.[Cs+].[F-]. The maximum absolute atomic E-state index is 9.43. The molecule has 0 saturated heterocycles.